The molecule has 0 saturated heterocycles. The fourth-order valence-electron chi connectivity index (χ4n) is 0.778. The van der Waals surface area contributed by atoms with E-state index in [1.54, 1.807) is 0 Å². The highest BCUT2D eigenvalue weighted by Crippen LogP contribution is 2.22. The minimum atomic E-state index is -0.220. The third-order valence-corrected chi connectivity index (χ3v) is 3.43. The molecular weight excluding hydrogens is 185 g/mol. The molecule has 0 spiro atoms. The van der Waals surface area contributed by atoms with Crippen LogP contribution in [0.25, 0.3) is 0 Å². The van der Waals surface area contributed by atoms with Crippen molar-refractivity contribution in [1.29, 1.82) is 0 Å². The summed E-state index contributed by atoms with van der Waals surface area (Å²) in [5.41, 5.74) is 0. The Labute approximate surface area is 82.8 Å². The molecule has 1 aliphatic heterocycles. The SMILES string of the molecule is CB(C)C(C)SN1C(=O)C=CC1=O. The molecule has 0 aromatic heterocycles. The molecule has 5 heteroatoms. The van der Waals surface area contributed by atoms with Gasteiger partial charge in [-0.15, -0.1) is 0 Å². The minimum Gasteiger partial charge on any atom is -0.268 e. The number of rotatable bonds is 3. The van der Waals surface area contributed by atoms with Crippen LogP contribution in [0.1, 0.15) is 6.92 Å². The van der Waals surface area contributed by atoms with Gasteiger partial charge in [-0.1, -0.05) is 20.6 Å². The van der Waals surface area contributed by atoms with Crippen molar-refractivity contribution in [2.45, 2.75) is 25.7 Å². The summed E-state index contributed by atoms with van der Waals surface area (Å²) in [4.78, 5) is 22.3. The zero-order valence-electron chi connectivity index (χ0n) is 7.98. The molecule has 1 unspecified atom stereocenters. The zero-order valence-corrected chi connectivity index (χ0v) is 8.80. The summed E-state index contributed by atoms with van der Waals surface area (Å²) in [7, 11) is 0. The van der Waals surface area contributed by atoms with Crippen LogP contribution in [-0.4, -0.2) is 28.0 Å². The molecule has 0 aromatic carbocycles. The maximum absolute atomic E-state index is 11.1. The lowest BCUT2D eigenvalue weighted by molar-refractivity contribution is -0.130. The summed E-state index contributed by atoms with van der Waals surface area (Å²) in [5, 5.41) is 0.271. The molecule has 1 aliphatic rings. The quantitative estimate of drug-likeness (QED) is 0.388. The summed E-state index contributed by atoms with van der Waals surface area (Å²) in [5.74, 6) is -0.440. The van der Waals surface area contributed by atoms with E-state index in [-0.39, 0.29) is 17.0 Å². The third kappa shape index (κ3) is 2.37. The highest BCUT2D eigenvalue weighted by Gasteiger charge is 2.27. The topological polar surface area (TPSA) is 37.4 Å². The third-order valence-electron chi connectivity index (χ3n) is 1.98. The molecule has 0 aliphatic carbocycles. The van der Waals surface area contributed by atoms with Crippen molar-refractivity contribution >= 4 is 30.5 Å². The lowest BCUT2D eigenvalue weighted by atomic mass is 9.52. The van der Waals surface area contributed by atoms with Crippen LogP contribution in [0.5, 0.6) is 0 Å². The minimum absolute atomic E-state index is 0.220. The molecule has 70 valence electrons. The predicted octanol–water partition coefficient (Wildman–Crippen LogP) is 1.24. The molecule has 2 amide bonds. The maximum Gasteiger partial charge on any atom is 0.263 e. The van der Waals surface area contributed by atoms with Gasteiger partial charge in [0, 0.05) is 12.2 Å². The van der Waals surface area contributed by atoms with Crippen molar-refractivity contribution in [1.82, 2.24) is 4.31 Å². The van der Waals surface area contributed by atoms with Crippen molar-refractivity contribution in [3.8, 4) is 0 Å². The van der Waals surface area contributed by atoms with Gasteiger partial charge in [0.1, 0.15) is 0 Å². The molecule has 0 saturated carbocycles. The molecular formula is C8H12BNO2S. The number of carbonyl (C=O) groups excluding carboxylic acids is 2. The van der Waals surface area contributed by atoms with Crippen molar-refractivity contribution in [3.63, 3.8) is 0 Å². The Morgan fingerprint density at radius 2 is 1.77 bits per heavy atom. The van der Waals surface area contributed by atoms with E-state index in [1.165, 1.54) is 28.4 Å². The summed E-state index contributed by atoms with van der Waals surface area (Å²) in [6.07, 6.45) is 2.62. The lowest BCUT2D eigenvalue weighted by Gasteiger charge is -2.18. The highest BCUT2D eigenvalue weighted by atomic mass is 32.2. The first kappa shape index (κ1) is 10.4. The van der Waals surface area contributed by atoms with Gasteiger partial charge >= 0.3 is 0 Å². The Morgan fingerprint density at radius 1 is 1.31 bits per heavy atom. The largest absolute Gasteiger partial charge is 0.268 e. The number of hydrogen-bond donors (Lipinski definition) is 0. The van der Waals surface area contributed by atoms with Crippen molar-refractivity contribution in [3.05, 3.63) is 12.2 Å². The molecule has 1 rings (SSSR count). The van der Waals surface area contributed by atoms with Gasteiger partial charge in [-0.3, -0.25) is 9.59 Å². The van der Waals surface area contributed by atoms with Crippen LogP contribution >= 0.6 is 11.9 Å². The average molecular weight is 197 g/mol. The van der Waals surface area contributed by atoms with Crippen molar-refractivity contribution < 1.29 is 9.59 Å². The maximum atomic E-state index is 11.1. The standard InChI is InChI=1S/C8H12BNO2S/c1-6(9(2)3)13-10-7(11)4-5-8(10)12/h4-6H,1-3H3. The van der Waals surface area contributed by atoms with Crippen LogP contribution < -0.4 is 0 Å². The van der Waals surface area contributed by atoms with Crippen LogP contribution in [0.2, 0.25) is 13.6 Å². The average Bonchev–Trinajstić information content (AvgIpc) is 2.35. The Kier molecular flexibility index (Phi) is 3.19. The van der Waals surface area contributed by atoms with Gasteiger partial charge < -0.3 is 0 Å². The van der Waals surface area contributed by atoms with Gasteiger partial charge in [0.25, 0.3) is 11.8 Å². The van der Waals surface area contributed by atoms with Gasteiger partial charge in [0.2, 0.25) is 0 Å². The number of imide groups is 1. The molecule has 0 N–H and O–H groups in total. The zero-order chi connectivity index (χ0) is 10.0. The van der Waals surface area contributed by atoms with Gasteiger partial charge in [0.05, 0.1) is 0 Å². The Bertz CT molecular complexity index is 247. The van der Waals surface area contributed by atoms with Crippen LogP contribution in [0.15, 0.2) is 12.2 Å². The first-order chi connectivity index (χ1) is 6.02. The van der Waals surface area contributed by atoms with E-state index >= 15 is 0 Å². The summed E-state index contributed by atoms with van der Waals surface area (Å²) < 4.78 is 1.21. The Hall–Kier alpha value is -0.705. The molecule has 13 heavy (non-hydrogen) atoms. The molecule has 0 aromatic rings. The van der Waals surface area contributed by atoms with Gasteiger partial charge in [0.15, 0.2) is 6.71 Å². The fourth-order valence-corrected chi connectivity index (χ4v) is 1.68. The normalized spacial score (nSPS) is 18.2. The lowest BCUT2D eigenvalue weighted by Crippen LogP contribution is -2.29. The fraction of sp³-hybridized carbons (Fsp3) is 0.500. The van der Waals surface area contributed by atoms with Gasteiger partial charge in [-0.05, 0) is 17.1 Å². The van der Waals surface area contributed by atoms with Crippen molar-refractivity contribution in [2.75, 3.05) is 0 Å². The monoisotopic (exact) mass is 197 g/mol. The molecule has 3 nitrogen and oxygen atoms in total. The van der Waals surface area contributed by atoms with E-state index in [0.29, 0.717) is 6.71 Å². The second-order valence-electron chi connectivity index (χ2n) is 3.36. The van der Waals surface area contributed by atoms with Gasteiger partial charge in [-0.25, -0.2) is 4.31 Å². The summed E-state index contributed by atoms with van der Waals surface area (Å²) in [6, 6.07) is 0. The number of carbonyl (C=O) groups is 2. The molecule has 1 atom stereocenters. The molecule has 0 fully saturated rings. The molecule has 1 heterocycles. The van der Waals surface area contributed by atoms with Crippen LogP contribution in [0.3, 0.4) is 0 Å². The number of hydrogen-bond acceptors (Lipinski definition) is 3. The highest BCUT2D eigenvalue weighted by molar-refractivity contribution is 8.00. The number of amides is 2. The van der Waals surface area contributed by atoms with E-state index in [0.717, 1.165) is 0 Å². The number of nitrogens with zero attached hydrogens (tertiary/aromatic N) is 1. The first-order valence-electron chi connectivity index (χ1n) is 4.25. The van der Waals surface area contributed by atoms with E-state index in [4.69, 9.17) is 0 Å². The van der Waals surface area contributed by atoms with Gasteiger partial charge in [-0.2, -0.15) is 0 Å². The van der Waals surface area contributed by atoms with Crippen LogP contribution in [-0.2, 0) is 9.59 Å². The summed E-state index contributed by atoms with van der Waals surface area (Å²) in [6.45, 7) is 6.59. The van der Waals surface area contributed by atoms with E-state index in [2.05, 4.69) is 13.6 Å². The van der Waals surface area contributed by atoms with E-state index in [9.17, 15) is 9.59 Å². The molecule has 0 bridgehead atoms. The second-order valence-corrected chi connectivity index (χ2v) is 4.68. The smallest absolute Gasteiger partial charge is 0.263 e. The van der Waals surface area contributed by atoms with E-state index < -0.39 is 0 Å². The Balaban J connectivity index is 2.55. The van der Waals surface area contributed by atoms with E-state index in [1.807, 2.05) is 6.92 Å². The Morgan fingerprint density at radius 3 is 2.15 bits per heavy atom. The van der Waals surface area contributed by atoms with Crippen molar-refractivity contribution in [2.24, 2.45) is 0 Å². The van der Waals surface area contributed by atoms with Crippen LogP contribution in [0.4, 0.5) is 0 Å². The second kappa shape index (κ2) is 4.00. The first-order valence-corrected chi connectivity index (χ1v) is 5.09. The van der Waals surface area contributed by atoms with Crippen LogP contribution in [0, 0.1) is 0 Å². The molecule has 0 radical (unpaired) electrons. The predicted molar refractivity (Wildman–Crippen MR) is 55.5 cm³/mol. The summed E-state index contributed by atoms with van der Waals surface area (Å²) >= 11 is 1.30.